The highest BCUT2D eigenvalue weighted by molar-refractivity contribution is 9.10. The average Bonchev–Trinajstić information content (AvgIpc) is 3.40. The molecule has 37 heavy (non-hydrogen) atoms. The summed E-state index contributed by atoms with van der Waals surface area (Å²) in [7, 11) is 1.32. The van der Waals surface area contributed by atoms with Crippen molar-refractivity contribution in [3.8, 4) is 0 Å². The monoisotopic (exact) mass is 570 g/mol. The highest BCUT2D eigenvalue weighted by Gasteiger charge is 2.57. The van der Waals surface area contributed by atoms with E-state index in [1.54, 1.807) is 18.2 Å². The van der Waals surface area contributed by atoms with E-state index in [-0.39, 0.29) is 37.2 Å². The van der Waals surface area contributed by atoms with Gasteiger partial charge in [0.1, 0.15) is 6.04 Å². The Hall–Kier alpha value is -3.24. The van der Waals surface area contributed by atoms with Gasteiger partial charge in [-0.05, 0) is 54.2 Å². The Morgan fingerprint density at radius 2 is 1.97 bits per heavy atom. The molecule has 2 aromatic carbocycles. The van der Waals surface area contributed by atoms with Crippen LogP contribution in [-0.2, 0) is 31.1 Å². The fraction of sp³-hybridized carbons (Fsp3) is 0.407. The lowest BCUT2D eigenvalue weighted by molar-refractivity contribution is -0.139. The molecule has 2 aliphatic rings. The van der Waals surface area contributed by atoms with Crippen LogP contribution in [-0.4, -0.2) is 54.3 Å². The average molecular weight is 571 g/mol. The van der Waals surface area contributed by atoms with Gasteiger partial charge in [-0.25, -0.2) is 4.79 Å². The van der Waals surface area contributed by atoms with Crippen molar-refractivity contribution in [3.63, 3.8) is 0 Å². The number of benzene rings is 2. The highest BCUT2D eigenvalue weighted by atomic mass is 79.9. The quantitative estimate of drug-likeness (QED) is 0.418. The third-order valence-electron chi connectivity index (χ3n) is 7.11. The van der Waals surface area contributed by atoms with Gasteiger partial charge in [-0.15, -0.1) is 0 Å². The summed E-state index contributed by atoms with van der Waals surface area (Å²) in [4.78, 5) is 53.3. The van der Waals surface area contributed by atoms with Gasteiger partial charge < -0.3 is 26.0 Å². The van der Waals surface area contributed by atoms with E-state index in [0.717, 1.165) is 10.0 Å². The van der Waals surface area contributed by atoms with Gasteiger partial charge in [0.2, 0.25) is 17.7 Å². The molecule has 0 saturated carbocycles. The van der Waals surface area contributed by atoms with Crippen molar-refractivity contribution in [3.05, 3.63) is 63.6 Å². The Bertz CT molecular complexity index is 1250. The Morgan fingerprint density at radius 3 is 2.65 bits per heavy atom. The number of para-hydroxylation sites is 1. The Balaban J connectivity index is 1.62. The molecule has 10 heteroatoms. The van der Waals surface area contributed by atoms with Crippen LogP contribution in [0.1, 0.15) is 48.2 Å². The van der Waals surface area contributed by atoms with Crippen molar-refractivity contribution in [2.45, 2.75) is 50.7 Å². The van der Waals surface area contributed by atoms with Crippen molar-refractivity contribution in [2.24, 2.45) is 11.7 Å². The van der Waals surface area contributed by atoms with Gasteiger partial charge in [-0.2, -0.15) is 0 Å². The normalized spacial score (nSPS) is 21.2. The molecule has 0 bridgehead atoms. The van der Waals surface area contributed by atoms with Crippen LogP contribution in [0.25, 0.3) is 0 Å². The number of nitrogens with zero attached hydrogens (tertiary/aromatic N) is 1. The Labute approximate surface area is 224 Å². The van der Waals surface area contributed by atoms with E-state index in [9.17, 15) is 19.2 Å². The first-order chi connectivity index (χ1) is 17.6. The third kappa shape index (κ3) is 5.13. The topological polar surface area (TPSA) is 131 Å². The van der Waals surface area contributed by atoms with Crippen LogP contribution in [0.4, 0.5) is 5.69 Å². The van der Waals surface area contributed by atoms with Crippen LogP contribution in [0.2, 0.25) is 0 Å². The Morgan fingerprint density at radius 1 is 1.24 bits per heavy atom. The molecule has 4 N–H and O–H groups in total. The van der Waals surface area contributed by atoms with E-state index in [2.05, 4.69) is 26.6 Å². The smallest absolute Gasteiger partial charge is 0.338 e. The molecule has 3 atom stereocenters. The molecule has 3 amide bonds. The molecule has 2 aliphatic heterocycles. The number of anilines is 1. The second-order valence-electron chi connectivity index (χ2n) is 10.0. The van der Waals surface area contributed by atoms with Crippen molar-refractivity contribution in [1.29, 1.82) is 0 Å². The number of ether oxygens (including phenoxy) is 1. The first-order valence-corrected chi connectivity index (χ1v) is 13.0. The third-order valence-corrected chi connectivity index (χ3v) is 7.61. The van der Waals surface area contributed by atoms with Gasteiger partial charge in [0.25, 0.3) is 0 Å². The summed E-state index contributed by atoms with van der Waals surface area (Å²) >= 11 is 3.43. The predicted octanol–water partition coefficient (Wildman–Crippen LogP) is 2.72. The van der Waals surface area contributed by atoms with Crippen LogP contribution >= 0.6 is 15.9 Å². The second-order valence-corrected chi connectivity index (χ2v) is 10.9. The number of nitrogens with one attached hydrogen (secondary N) is 2. The lowest BCUT2D eigenvalue weighted by Crippen LogP contribution is -2.52. The maximum atomic E-state index is 13.9. The zero-order valence-electron chi connectivity index (χ0n) is 21.0. The minimum atomic E-state index is -1.03. The number of methoxy groups -OCH3 is 1. The first kappa shape index (κ1) is 26.8. The molecule has 0 radical (unpaired) electrons. The number of halogens is 1. The van der Waals surface area contributed by atoms with E-state index in [4.69, 9.17) is 10.5 Å². The lowest BCUT2D eigenvalue weighted by Gasteiger charge is -2.29. The molecule has 0 aliphatic carbocycles. The number of nitrogens with two attached hydrogens (primary N) is 1. The number of fused-ring (bicyclic) bond motifs is 2. The number of amides is 3. The number of likely N-dealkylation sites (tertiary alicyclic amines) is 1. The van der Waals surface area contributed by atoms with Gasteiger partial charge in [-0.3, -0.25) is 14.4 Å². The van der Waals surface area contributed by atoms with Gasteiger partial charge in [-0.1, -0.05) is 48.0 Å². The second kappa shape index (κ2) is 10.6. The Kier molecular flexibility index (Phi) is 7.70. The minimum absolute atomic E-state index is 0.0584. The predicted molar refractivity (Wildman–Crippen MR) is 142 cm³/mol. The molecular formula is C27H31BrN4O5. The first-order valence-electron chi connectivity index (χ1n) is 12.2. The summed E-state index contributed by atoms with van der Waals surface area (Å²) in [6.45, 7) is 4.27. The summed E-state index contributed by atoms with van der Waals surface area (Å²) in [5, 5.41) is 6.18. The van der Waals surface area contributed by atoms with Gasteiger partial charge in [0.05, 0.1) is 24.1 Å². The van der Waals surface area contributed by atoms with Crippen LogP contribution in [0.5, 0.6) is 0 Å². The molecule has 9 nitrogen and oxygen atoms in total. The van der Waals surface area contributed by atoms with E-state index in [0.29, 0.717) is 23.2 Å². The van der Waals surface area contributed by atoms with Gasteiger partial charge in [0, 0.05) is 23.2 Å². The van der Waals surface area contributed by atoms with Crippen molar-refractivity contribution in [2.75, 3.05) is 19.0 Å². The van der Waals surface area contributed by atoms with Crippen molar-refractivity contribution >= 4 is 45.3 Å². The highest BCUT2D eigenvalue weighted by Crippen LogP contribution is 2.46. The largest absolute Gasteiger partial charge is 0.465 e. The zero-order valence-corrected chi connectivity index (χ0v) is 22.6. The van der Waals surface area contributed by atoms with Crippen LogP contribution in [0.3, 0.4) is 0 Å². The SMILES string of the molecule is COC(=O)c1ccc(Br)cc1CN[C@@H](CC(C)C)C(=O)N1C[C@]2(C[C@H]1C(N)=O)C(=O)Nc1ccccc12. The molecule has 0 aromatic heterocycles. The molecule has 0 unspecified atom stereocenters. The summed E-state index contributed by atoms with van der Waals surface area (Å²) in [5.74, 6) is -1.51. The molecule has 1 saturated heterocycles. The molecule has 4 rings (SSSR count). The number of primary amides is 1. The van der Waals surface area contributed by atoms with Crippen molar-refractivity contribution in [1.82, 2.24) is 10.2 Å². The van der Waals surface area contributed by atoms with Crippen LogP contribution < -0.4 is 16.4 Å². The van der Waals surface area contributed by atoms with E-state index in [1.165, 1.54) is 12.0 Å². The van der Waals surface area contributed by atoms with E-state index < -0.39 is 29.4 Å². The molecule has 2 heterocycles. The summed E-state index contributed by atoms with van der Waals surface area (Å²) in [6.07, 6.45) is 0.613. The molecule has 1 fully saturated rings. The van der Waals surface area contributed by atoms with Crippen LogP contribution in [0, 0.1) is 5.92 Å². The summed E-state index contributed by atoms with van der Waals surface area (Å²) in [6, 6.07) is 11.0. The standard InChI is InChI=1S/C27H31BrN4O5/c1-15(2)10-21(30-13-16-11-17(28)8-9-18(16)25(35)37-3)24(34)32-14-27(12-22(32)23(29)33)19-6-4-5-7-20(19)31-26(27)36/h4-9,11,15,21-22,30H,10,12-14H2,1-3H3,(H2,29,33)(H,31,36)/t21-,22-,27-/m0/s1. The van der Waals surface area contributed by atoms with Crippen LogP contribution in [0.15, 0.2) is 46.9 Å². The number of hydrogen-bond acceptors (Lipinski definition) is 6. The molecule has 196 valence electrons. The summed E-state index contributed by atoms with van der Waals surface area (Å²) in [5.41, 5.74) is 7.23. The van der Waals surface area contributed by atoms with E-state index >= 15 is 0 Å². The number of carbonyl (C=O) groups excluding carboxylic acids is 4. The molecule has 1 spiro atoms. The van der Waals surface area contributed by atoms with Crippen molar-refractivity contribution < 1.29 is 23.9 Å². The maximum Gasteiger partial charge on any atom is 0.338 e. The lowest BCUT2D eigenvalue weighted by atomic mass is 9.79. The number of carbonyl (C=O) groups is 4. The summed E-state index contributed by atoms with van der Waals surface area (Å²) < 4.78 is 5.69. The number of hydrogen-bond donors (Lipinski definition) is 3. The molecule has 2 aromatic rings. The van der Waals surface area contributed by atoms with Gasteiger partial charge in [0.15, 0.2) is 0 Å². The zero-order chi connectivity index (χ0) is 26.9. The molecular weight excluding hydrogens is 540 g/mol. The minimum Gasteiger partial charge on any atom is -0.465 e. The maximum absolute atomic E-state index is 13.9. The number of rotatable bonds is 8. The van der Waals surface area contributed by atoms with Gasteiger partial charge >= 0.3 is 5.97 Å². The van der Waals surface area contributed by atoms with E-state index in [1.807, 2.05) is 38.1 Å². The fourth-order valence-electron chi connectivity index (χ4n) is 5.32. The fourth-order valence-corrected chi connectivity index (χ4v) is 5.73. The number of esters is 1.